The van der Waals surface area contributed by atoms with Crippen LogP contribution in [0.4, 0.5) is 0 Å². The van der Waals surface area contributed by atoms with Gasteiger partial charge in [-0.15, -0.1) is 11.3 Å². The summed E-state index contributed by atoms with van der Waals surface area (Å²) in [6, 6.07) is 8.60. The summed E-state index contributed by atoms with van der Waals surface area (Å²) >= 11 is 1.78. The standard InChI is InChI=1S/C26H23N5S/c1-5-15(3)9-17(6-2)18-10-20-25(30-31-26(20)28-12-18)22-11-19-21(13-27-14-23(19)29-22)24-8-7-16(4)32-24/h5-14,29H,1H2,2-4H3,(H,28,30,31)/b15-9-,17-6+. The van der Waals surface area contributed by atoms with Crippen LogP contribution in [0, 0.1) is 6.92 Å². The fourth-order valence-corrected chi connectivity index (χ4v) is 4.75. The van der Waals surface area contributed by atoms with Crippen LogP contribution < -0.4 is 0 Å². The van der Waals surface area contributed by atoms with Gasteiger partial charge in [-0.1, -0.05) is 30.4 Å². The van der Waals surface area contributed by atoms with Gasteiger partial charge in [0.25, 0.3) is 0 Å². The van der Waals surface area contributed by atoms with Gasteiger partial charge in [-0.25, -0.2) is 4.98 Å². The Hall–Kier alpha value is -3.77. The van der Waals surface area contributed by atoms with Gasteiger partial charge in [0.15, 0.2) is 5.65 Å². The highest BCUT2D eigenvalue weighted by molar-refractivity contribution is 7.15. The molecule has 0 aliphatic carbocycles. The first-order valence-corrected chi connectivity index (χ1v) is 11.2. The zero-order chi connectivity index (χ0) is 22.2. The van der Waals surface area contributed by atoms with Crippen molar-refractivity contribution in [1.29, 1.82) is 0 Å². The highest BCUT2D eigenvalue weighted by atomic mass is 32.1. The van der Waals surface area contributed by atoms with Crippen LogP contribution in [-0.2, 0) is 0 Å². The van der Waals surface area contributed by atoms with Crippen molar-refractivity contribution in [3.63, 3.8) is 0 Å². The van der Waals surface area contributed by atoms with E-state index in [0.717, 1.165) is 50.0 Å². The van der Waals surface area contributed by atoms with E-state index in [-0.39, 0.29) is 0 Å². The summed E-state index contributed by atoms with van der Waals surface area (Å²) < 4.78 is 0. The Morgan fingerprint density at radius 3 is 2.75 bits per heavy atom. The normalized spacial score (nSPS) is 12.7. The fourth-order valence-electron chi connectivity index (χ4n) is 3.86. The Morgan fingerprint density at radius 1 is 1.12 bits per heavy atom. The lowest BCUT2D eigenvalue weighted by molar-refractivity contribution is 1.10. The third kappa shape index (κ3) is 3.48. The first-order chi connectivity index (χ1) is 15.6. The molecule has 158 valence electrons. The number of hydrogen-bond donors (Lipinski definition) is 2. The van der Waals surface area contributed by atoms with Crippen molar-refractivity contribution in [1.82, 2.24) is 25.1 Å². The molecule has 0 spiro atoms. The summed E-state index contributed by atoms with van der Waals surface area (Å²) in [5.41, 5.74) is 7.93. The average Bonchev–Trinajstić information content (AvgIpc) is 3.53. The number of nitrogens with one attached hydrogen (secondary N) is 2. The maximum absolute atomic E-state index is 4.59. The van der Waals surface area contributed by atoms with Crippen molar-refractivity contribution >= 4 is 38.8 Å². The molecule has 32 heavy (non-hydrogen) atoms. The first-order valence-electron chi connectivity index (χ1n) is 10.4. The van der Waals surface area contributed by atoms with Crippen molar-refractivity contribution in [3.05, 3.63) is 83.7 Å². The summed E-state index contributed by atoms with van der Waals surface area (Å²) in [6.45, 7) is 10.0. The molecule has 0 saturated carbocycles. The molecular formula is C26H23N5S. The van der Waals surface area contributed by atoms with Crippen LogP contribution in [0.3, 0.4) is 0 Å². The van der Waals surface area contributed by atoms with Gasteiger partial charge < -0.3 is 4.98 Å². The van der Waals surface area contributed by atoms with Gasteiger partial charge in [0.2, 0.25) is 0 Å². The van der Waals surface area contributed by atoms with Gasteiger partial charge in [-0.3, -0.25) is 10.1 Å². The molecule has 6 heteroatoms. The average molecular weight is 438 g/mol. The first kappa shape index (κ1) is 20.2. The largest absolute Gasteiger partial charge is 0.352 e. The zero-order valence-electron chi connectivity index (χ0n) is 18.2. The summed E-state index contributed by atoms with van der Waals surface area (Å²) in [6.07, 6.45) is 11.7. The van der Waals surface area contributed by atoms with E-state index in [1.165, 1.54) is 9.75 Å². The summed E-state index contributed by atoms with van der Waals surface area (Å²) in [7, 11) is 0. The van der Waals surface area contributed by atoms with E-state index in [0.29, 0.717) is 5.65 Å². The second-order valence-corrected chi connectivity index (χ2v) is 9.06. The molecular weight excluding hydrogens is 414 g/mol. The topological polar surface area (TPSA) is 70.2 Å². The van der Waals surface area contributed by atoms with E-state index < -0.39 is 0 Å². The minimum atomic E-state index is 0.689. The third-order valence-electron chi connectivity index (χ3n) is 5.58. The number of nitrogens with zero attached hydrogens (tertiary/aromatic N) is 3. The number of aryl methyl sites for hydroxylation is 1. The maximum Gasteiger partial charge on any atom is 0.181 e. The predicted octanol–water partition coefficient (Wildman–Crippen LogP) is 7.07. The lowest BCUT2D eigenvalue weighted by Gasteiger charge is -2.04. The molecule has 2 N–H and O–H groups in total. The zero-order valence-corrected chi connectivity index (χ0v) is 19.0. The van der Waals surface area contributed by atoms with Crippen LogP contribution in [0.25, 0.3) is 49.3 Å². The second kappa shape index (κ2) is 8.05. The minimum absolute atomic E-state index is 0.689. The molecule has 5 nitrogen and oxygen atoms in total. The van der Waals surface area contributed by atoms with E-state index in [1.807, 2.05) is 38.5 Å². The second-order valence-electron chi connectivity index (χ2n) is 7.77. The molecule has 0 aliphatic rings. The fraction of sp³-hybridized carbons (Fsp3) is 0.115. The molecule has 0 unspecified atom stereocenters. The Kier molecular flexibility index (Phi) is 5.07. The lowest BCUT2D eigenvalue weighted by Crippen LogP contribution is -1.86. The van der Waals surface area contributed by atoms with Crippen molar-refractivity contribution < 1.29 is 0 Å². The van der Waals surface area contributed by atoms with Crippen LogP contribution in [0.5, 0.6) is 0 Å². The Balaban J connectivity index is 1.64. The molecule has 0 aromatic carbocycles. The van der Waals surface area contributed by atoms with Crippen LogP contribution in [0.2, 0.25) is 0 Å². The molecule has 5 aromatic rings. The van der Waals surface area contributed by atoms with Crippen molar-refractivity contribution in [2.45, 2.75) is 20.8 Å². The van der Waals surface area contributed by atoms with Crippen LogP contribution >= 0.6 is 11.3 Å². The number of fused-ring (bicyclic) bond motifs is 2. The number of H-pyrrole nitrogens is 2. The van der Waals surface area contributed by atoms with Crippen LogP contribution in [-0.4, -0.2) is 25.1 Å². The number of allylic oxidation sites excluding steroid dienone is 5. The number of pyridine rings is 2. The molecule has 0 aliphatic heterocycles. The Morgan fingerprint density at radius 2 is 2.00 bits per heavy atom. The van der Waals surface area contributed by atoms with Crippen molar-refractivity contribution in [3.8, 4) is 21.8 Å². The number of rotatable bonds is 5. The van der Waals surface area contributed by atoms with E-state index in [9.17, 15) is 0 Å². The van der Waals surface area contributed by atoms with Gasteiger partial charge in [-0.2, -0.15) is 5.10 Å². The third-order valence-corrected chi connectivity index (χ3v) is 6.61. The van der Waals surface area contributed by atoms with Gasteiger partial charge >= 0.3 is 0 Å². The molecule has 0 saturated heterocycles. The van der Waals surface area contributed by atoms with E-state index in [2.05, 4.69) is 75.1 Å². The predicted molar refractivity (Wildman–Crippen MR) is 135 cm³/mol. The monoisotopic (exact) mass is 437 g/mol. The molecule has 0 amide bonds. The van der Waals surface area contributed by atoms with Gasteiger partial charge in [0.05, 0.1) is 23.1 Å². The molecule has 0 radical (unpaired) electrons. The van der Waals surface area contributed by atoms with Gasteiger partial charge in [-0.05, 0) is 50.6 Å². The number of aromatic amines is 2. The summed E-state index contributed by atoms with van der Waals surface area (Å²) in [5.74, 6) is 0. The smallest absolute Gasteiger partial charge is 0.181 e. The van der Waals surface area contributed by atoms with E-state index in [4.69, 9.17) is 0 Å². The van der Waals surface area contributed by atoms with Crippen LogP contribution in [0.1, 0.15) is 24.3 Å². The van der Waals surface area contributed by atoms with Gasteiger partial charge in [0.1, 0.15) is 0 Å². The molecule has 0 atom stereocenters. The SMILES string of the molecule is C=C/C(C)=C\C(=C/C)c1cnc2n[nH]c(-c3cc4c(-c5ccc(C)s5)cncc4[nH]3)c2c1. The Bertz CT molecular complexity index is 1530. The quantitative estimate of drug-likeness (QED) is 0.289. The highest BCUT2D eigenvalue weighted by Crippen LogP contribution is 2.36. The molecule has 5 rings (SSSR count). The minimum Gasteiger partial charge on any atom is -0.352 e. The molecule has 0 fully saturated rings. The van der Waals surface area contributed by atoms with Crippen LogP contribution in [0.15, 0.2) is 73.2 Å². The number of aromatic nitrogens is 5. The van der Waals surface area contributed by atoms with Gasteiger partial charge in [0, 0.05) is 44.0 Å². The molecule has 0 bridgehead atoms. The number of hydrogen-bond acceptors (Lipinski definition) is 4. The maximum atomic E-state index is 4.59. The highest BCUT2D eigenvalue weighted by Gasteiger charge is 2.15. The summed E-state index contributed by atoms with van der Waals surface area (Å²) in [5, 5.41) is 9.72. The number of thiophene rings is 1. The van der Waals surface area contributed by atoms with Crippen molar-refractivity contribution in [2.24, 2.45) is 0 Å². The summed E-state index contributed by atoms with van der Waals surface area (Å²) in [4.78, 5) is 15.1. The Labute approximate surface area is 190 Å². The van der Waals surface area contributed by atoms with Crippen molar-refractivity contribution in [2.75, 3.05) is 0 Å². The molecule has 5 aromatic heterocycles. The lowest BCUT2D eigenvalue weighted by atomic mass is 10.0. The van der Waals surface area contributed by atoms with E-state index in [1.54, 1.807) is 11.3 Å². The van der Waals surface area contributed by atoms with E-state index >= 15 is 0 Å². The molecule has 5 heterocycles.